The highest BCUT2D eigenvalue weighted by Crippen LogP contribution is 2.18. The second-order valence-electron chi connectivity index (χ2n) is 4.78. The minimum atomic E-state index is 0.512. The Balaban J connectivity index is 2.00. The number of aryl methyl sites for hydroxylation is 1. The average Bonchev–Trinajstić information content (AvgIpc) is 2.79. The van der Waals surface area contributed by atoms with Gasteiger partial charge >= 0.3 is 0 Å². The molecule has 2 rings (SSSR count). The molecule has 2 nitrogen and oxygen atoms in total. The van der Waals surface area contributed by atoms with Crippen LogP contribution in [-0.2, 0) is 12.8 Å². The van der Waals surface area contributed by atoms with E-state index in [0.29, 0.717) is 6.04 Å². The van der Waals surface area contributed by atoms with Gasteiger partial charge in [0.05, 0.1) is 5.01 Å². The van der Waals surface area contributed by atoms with Crippen LogP contribution >= 0.6 is 11.3 Å². The molecule has 1 N–H and O–H groups in total. The first kappa shape index (κ1) is 13.2. The number of thiazole rings is 1. The zero-order valence-electron chi connectivity index (χ0n) is 11.2. The lowest BCUT2D eigenvalue weighted by atomic mass is 10.1. The summed E-state index contributed by atoms with van der Waals surface area (Å²) in [4.78, 5) is 5.87. The minimum Gasteiger partial charge on any atom is -0.317 e. The fourth-order valence-corrected chi connectivity index (χ4v) is 2.89. The van der Waals surface area contributed by atoms with Crippen molar-refractivity contribution in [3.05, 3.63) is 51.5 Å². The summed E-state index contributed by atoms with van der Waals surface area (Å²) in [6.07, 6.45) is 4.02. The van der Waals surface area contributed by atoms with E-state index in [9.17, 15) is 0 Å². The molecule has 0 spiro atoms. The first-order valence-corrected chi connectivity index (χ1v) is 7.15. The molecule has 0 radical (unpaired) electrons. The van der Waals surface area contributed by atoms with Crippen LogP contribution in [0.3, 0.4) is 0 Å². The number of hydrogen-bond acceptors (Lipinski definition) is 3. The lowest BCUT2D eigenvalue weighted by molar-refractivity contribution is 0.612. The number of benzene rings is 1. The Hall–Kier alpha value is -1.19. The normalized spacial score (nSPS) is 12.6. The molecule has 0 amide bonds. The van der Waals surface area contributed by atoms with Crippen molar-refractivity contribution in [2.24, 2.45) is 0 Å². The summed E-state index contributed by atoms with van der Waals surface area (Å²) in [6.45, 7) is 4.31. The number of rotatable bonds is 5. The molecule has 0 bridgehead atoms. The SMILES string of the molecule is CNC(C)Cc1cnc(Cc2ccc(C)cc2)s1. The monoisotopic (exact) mass is 260 g/mol. The smallest absolute Gasteiger partial charge is 0.0971 e. The maximum Gasteiger partial charge on any atom is 0.0971 e. The number of hydrogen-bond donors (Lipinski definition) is 1. The Kier molecular flexibility index (Phi) is 4.50. The summed E-state index contributed by atoms with van der Waals surface area (Å²) >= 11 is 1.82. The molecule has 0 aliphatic rings. The topological polar surface area (TPSA) is 24.9 Å². The largest absolute Gasteiger partial charge is 0.317 e. The van der Waals surface area contributed by atoms with Crippen LogP contribution in [0.25, 0.3) is 0 Å². The Morgan fingerprint density at radius 2 is 2.00 bits per heavy atom. The summed E-state index contributed by atoms with van der Waals surface area (Å²) in [7, 11) is 2.00. The lowest BCUT2D eigenvalue weighted by Gasteiger charge is -2.06. The number of likely N-dealkylation sites (N-methyl/N-ethyl adjacent to an activating group) is 1. The van der Waals surface area contributed by atoms with E-state index >= 15 is 0 Å². The zero-order valence-corrected chi connectivity index (χ0v) is 12.1. The van der Waals surface area contributed by atoms with Gasteiger partial charge in [-0.3, -0.25) is 0 Å². The second-order valence-corrected chi connectivity index (χ2v) is 5.98. The van der Waals surface area contributed by atoms with Crippen molar-refractivity contribution in [3.63, 3.8) is 0 Å². The van der Waals surface area contributed by atoms with Gasteiger partial charge in [-0.2, -0.15) is 0 Å². The van der Waals surface area contributed by atoms with Gasteiger partial charge in [0.1, 0.15) is 0 Å². The van der Waals surface area contributed by atoms with Crippen LogP contribution in [0, 0.1) is 6.92 Å². The standard InChI is InChI=1S/C15H20N2S/c1-11-4-6-13(7-5-11)9-15-17-10-14(18-15)8-12(2)16-3/h4-7,10,12,16H,8-9H2,1-3H3. The third kappa shape index (κ3) is 3.65. The van der Waals surface area contributed by atoms with Crippen molar-refractivity contribution in [1.82, 2.24) is 10.3 Å². The highest BCUT2D eigenvalue weighted by molar-refractivity contribution is 7.11. The van der Waals surface area contributed by atoms with E-state index in [2.05, 4.69) is 48.4 Å². The van der Waals surface area contributed by atoms with Crippen molar-refractivity contribution in [1.29, 1.82) is 0 Å². The molecule has 96 valence electrons. The van der Waals surface area contributed by atoms with Gasteiger partial charge in [0.15, 0.2) is 0 Å². The van der Waals surface area contributed by atoms with Gasteiger partial charge in [0, 0.05) is 23.5 Å². The third-order valence-electron chi connectivity index (χ3n) is 3.08. The maximum atomic E-state index is 4.51. The van der Waals surface area contributed by atoms with Gasteiger partial charge < -0.3 is 5.32 Å². The quantitative estimate of drug-likeness (QED) is 0.893. The van der Waals surface area contributed by atoms with Gasteiger partial charge in [-0.15, -0.1) is 11.3 Å². The van der Waals surface area contributed by atoms with Crippen LogP contribution in [0.4, 0.5) is 0 Å². The second kappa shape index (κ2) is 6.12. The zero-order chi connectivity index (χ0) is 13.0. The Morgan fingerprint density at radius 3 is 2.67 bits per heavy atom. The van der Waals surface area contributed by atoms with Crippen molar-refractivity contribution in [3.8, 4) is 0 Å². The average molecular weight is 260 g/mol. The molecular weight excluding hydrogens is 240 g/mol. The summed E-state index contributed by atoms with van der Waals surface area (Å²) in [6, 6.07) is 9.21. The molecule has 0 saturated carbocycles. The maximum absolute atomic E-state index is 4.51. The predicted octanol–water partition coefficient (Wildman–Crippen LogP) is 3.19. The number of nitrogens with one attached hydrogen (secondary N) is 1. The van der Waals surface area contributed by atoms with Gasteiger partial charge in [0.2, 0.25) is 0 Å². The van der Waals surface area contributed by atoms with Crippen LogP contribution in [0.2, 0.25) is 0 Å². The summed E-state index contributed by atoms with van der Waals surface area (Å²) < 4.78 is 0. The summed E-state index contributed by atoms with van der Waals surface area (Å²) in [5.41, 5.74) is 2.64. The van der Waals surface area contributed by atoms with E-state index in [4.69, 9.17) is 0 Å². The van der Waals surface area contributed by atoms with Crippen LogP contribution in [0.15, 0.2) is 30.5 Å². The molecule has 0 saturated heterocycles. The van der Waals surface area contributed by atoms with Crippen molar-refractivity contribution in [2.45, 2.75) is 32.7 Å². The van der Waals surface area contributed by atoms with Crippen LogP contribution in [0.1, 0.15) is 27.9 Å². The van der Waals surface area contributed by atoms with E-state index < -0.39 is 0 Å². The minimum absolute atomic E-state index is 0.512. The predicted molar refractivity (Wildman–Crippen MR) is 78.3 cm³/mol. The summed E-state index contributed by atoms with van der Waals surface area (Å²) in [5, 5.41) is 4.46. The van der Waals surface area contributed by atoms with Crippen molar-refractivity contribution >= 4 is 11.3 Å². The number of nitrogens with zero attached hydrogens (tertiary/aromatic N) is 1. The molecule has 1 aromatic heterocycles. The Labute approximate surface area is 113 Å². The molecule has 1 unspecified atom stereocenters. The van der Waals surface area contributed by atoms with Crippen molar-refractivity contribution < 1.29 is 0 Å². The van der Waals surface area contributed by atoms with E-state index in [1.54, 1.807) is 0 Å². The van der Waals surface area contributed by atoms with Crippen LogP contribution in [-0.4, -0.2) is 18.1 Å². The fraction of sp³-hybridized carbons (Fsp3) is 0.400. The Morgan fingerprint density at radius 1 is 1.28 bits per heavy atom. The first-order valence-electron chi connectivity index (χ1n) is 6.34. The number of aromatic nitrogens is 1. The van der Waals surface area contributed by atoms with Crippen LogP contribution < -0.4 is 5.32 Å². The molecule has 3 heteroatoms. The molecule has 1 aromatic carbocycles. The molecule has 1 heterocycles. The van der Waals surface area contributed by atoms with E-state index in [1.165, 1.54) is 21.0 Å². The van der Waals surface area contributed by atoms with Gasteiger partial charge in [-0.05, 0) is 32.9 Å². The molecule has 0 fully saturated rings. The molecular formula is C15H20N2S. The van der Waals surface area contributed by atoms with Crippen LogP contribution in [0.5, 0.6) is 0 Å². The van der Waals surface area contributed by atoms with E-state index in [-0.39, 0.29) is 0 Å². The van der Waals surface area contributed by atoms with E-state index in [0.717, 1.165) is 12.8 Å². The van der Waals surface area contributed by atoms with E-state index in [1.807, 2.05) is 24.6 Å². The fourth-order valence-electron chi connectivity index (χ4n) is 1.81. The molecule has 0 aliphatic carbocycles. The van der Waals surface area contributed by atoms with Gasteiger partial charge in [0.25, 0.3) is 0 Å². The Bertz CT molecular complexity index is 487. The molecule has 2 aromatic rings. The molecule has 18 heavy (non-hydrogen) atoms. The summed E-state index contributed by atoms with van der Waals surface area (Å²) in [5.74, 6) is 0. The van der Waals surface area contributed by atoms with Crippen molar-refractivity contribution in [2.75, 3.05) is 7.05 Å². The van der Waals surface area contributed by atoms with Gasteiger partial charge in [-0.25, -0.2) is 4.98 Å². The highest BCUT2D eigenvalue weighted by atomic mass is 32.1. The van der Waals surface area contributed by atoms with Gasteiger partial charge in [-0.1, -0.05) is 29.8 Å². The third-order valence-corrected chi connectivity index (χ3v) is 4.10. The lowest BCUT2D eigenvalue weighted by Crippen LogP contribution is -2.22. The first-order chi connectivity index (χ1) is 8.67. The molecule has 1 atom stereocenters. The molecule has 0 aliphatic heterocycles. The highest BCUT2D eigenvalue weighted by Gasteiger charge is 2.06.